The number of rotatable bonds is 4. The molecule has 0 aromatic heterocycles. The van der Waals surface area contributed by atoms with Gasteiger partial charge in [0.1, 0.15) is 0 Å². The van der Waals surface area contributed by atoms with E-state index in [4.69, 9.17) is 0 Å². The minimum absolute atomic E-state index is 0.0531. The highest BCUT2D eigenvalue weighted by Crippen LogP contribution is 2.25. The van der Waals surface area contributed by atoms with Gasteiger partial charge in [-0.2, -0.15) is 0 Å². The number of carbonyl (C=O) groups is 1. The molecule has 0 heterocycles. The highest BCUT2D eigenvalue weighted by atomic mass is 32.2. The molecule has 0 saturated heterocycles. The first kappa shape index (κ1) is 14.5. The Balaban J connectivity index is 2.59. The van der Waals surface area contributed by atoms with E-state index in [-0.39, 0.29) is 4.90 Å². The highest BCUT2D eigenvalue weighted by Gasteiger charge is 2.36. The quantitative estimate of drug-likeness (QED) is 0.940. The number of fused-ring (bicyclic) bond motifs is 1. The van der Waals surface area contributed by atoms with Crippen LogP contribution in [0.25, 0.3) is 10.8 Å². The topological polar surface area (TPSA) is 71.4 Å². The molecule has 106 valence electrons. The molecule has 2 aromatic carbocycles. The minimum atomic E-state index is -3.89. The minimum Gasteiger partial charge on any atom is -0.480 e. The normalized spacial score (nSPS) is 13.6. The maximum atomic E-state index is 12.5. The lowest BCUT2D eigenvalue weighted by atomic mass is 10.1. The van der Waals surface area contributed by atoms with Crippen molar-refractivity contribution in [1.29, 1.82) is 0 Å². The molecule has 0 spiro atoms. The summed E-state index contributed by atoms with van der Waals surface area (Å²) in [5.74, 6) is -1.81. The van der Waals surface area contributed by atoms with Crippen LogP contribution in [-0.4, -0.2) is 24.7 Å². The third kappa shape index (κ3) is 2.54. The second kappa shape index (κ2) is 5.25. The fourth-order valence-electron chi connectivity index (χ4n) is 2.27. The Labute approximate surface area is 118 Å². The third-order valence-corrected chi connectivity index (χ3v) is 5.56. The monoisotopic (exact) mass is 292 g/mol. The summed E-state index contributed by atoms with van der Waals surface area (Å²) in [6.07, 6.45) is 0. The van der Waals surface area contributed by atoms with Gasteiger partial charge in [-0.3, -0.25) is 4.79 Å². The predicted molar refractivity (Wildman–Crippen MR) is 77.4 cm³/mol. The van der Waals surface area contributed by atoms with Gasteiger partial charge in [0, 0.05) is 0 Å². The molecular weight excluding hydrogens is 276 g/mol. The summed E-state index contributed by atoms with van der Waals surface area (Å²) in [5, 5.41) is 9.45. The van der Waals surface area contributed by atoms with Crippen molar-refractivity contribution in [3.63, 3.8) is 0 Å². The van der Waals surface area contributed by atoms with E-state index in [1.54, 1.807) is 26.0 Å². The number of hydrogen-bond donors (Lipinski definition) is 1. The molecule has 0 saturated carbocycles. The van der Waals surface area contributed by atoms with Crippen LogP contribution in [0.15, 0.2) is 47.4 Å². The zero-order valence-corrected chi connectivity index (χ0v) is 12.1. The maximum absolute atomic E-state index is 12.5. The fourth-order valence-corrected chi connectivity index (χ4v) is 4.09. The van der Waals surface area contributed by atoms with Gasteiger partial charge in [-0.25, -0.2) is 8.42 Å². The summed E-state index contributed by atoms with van der Waals surface area (Å²) in [5.41, 5.74) is 0. The number of carboxylic acids is 1. The van der Waals surface area contributed by atoms with E-state index in [2.05, 4.69) is 0 Å². The summed E-state index contributed by atoms with van der Waals surface area (Å²) < 4.78 is 25.0. The van der Waals surface area contributed by atoms with Crippen LogP contribution in [0.5, 0.6) is 0 Å². The van der Waals surface area contributed by atoms with E-state index in [1.165, 1.54) is 12.1 Å². The van der Waals surface area contributed by atoms with Crippen LogP contribution in [0, 0.1) is 5.92 Å². The summed E-state index contributed by atoms with van der Waals surface area (Å²) in [4.78, 5) is 11.3. The second-order valence-electron chi connectivity index (χ2n) is 5.06. The molecule has 1 N–H and O–H groups in total. The SMILES string of the molecule is CC(C)C(C(=O)O)S(=O)(=O)c1ccc2ccccc2c1. The molecule has 5 heteroatoms. The molecule has 0 aliphatic rings. The van der Waals surface area contributed by atoms with Gasteiger partial charge in [-0.05, 0) is 28.8 Å². The molecule has 20 heavy (non-hydrogen) atoms. The Morgan fingerprint density at radius 2 is 1.65 bits per heavy atom. The number of hydrogen-bond acceptors (Lipinski definition) is 3. The van der Waals surface area contributed by atoms with Crippen molar-refractivity contribution in [2.24, 2.45) is 5.92 Å². The molecule has 2 rings (SSSR count). The van der Waals surface area contributed by atoms with Crippen molar-refractivity contribution >= 4 is 26.6 Å². The molecule has 0 aliphatic heterocycles. The maximum Gasteiger partial charge on any atom is 0.322 e. The number of sulfone groups is 1. The summed E-state index contributed by atoms with van der Waals surface area (Å²) >= 11 is 0. The lowest BCUT2D eigenvalue weighted by Crippen LogP contribution is -2.34. The first-order chi connectivity index (χ1) is 9.34. The van der Waals surface area contributed by atoms with Gasteiger partial charge in [0.25, 0.3) is 0 Å². The van der Waals surface area contributed by atoms with Crippen LogP contribution in [0.3, 0.4) is 0 Å². The molecule has 0 aliphatic carbocycles. The average Bonchev–Trinajstić information content (AvgIpc) is 2.36. The zero-order chi connectivity index (χ0) is 14.9. The molecule has 1 unspecified atom stereocenters. The highest BCUT2D eigenvalue weighted by molar-refractivity contribution is 7.92. The first-order valence-electron chi connectivity index (χ1n) is 6.29. The van der Waals surface area contributed by atoms with E-state index in [1.807, 2.05) is 18.2 Å². The summed E-state index contributed by atoms with van der Waals surface area (Å²) in [6.45, 7) is 3.19. The van der Waals surface area contributed by atoms with Crippen molar-refractivity contribution < 1.29 is 18.3 Å². The van der Waals surface area contributed by atoms with Crippen molar-refractivity contribution in [3.05, 3.63) is 42.5 Å². The Morgan fingerprint density at radius 1 is 1.05 bits per heavy atom. The molecular formula is C15H16O4S. The number of benzene rings is 2. The predicted octanol–water partition coefficient (Wildman–Crippen LogP) is 2.72. The zero-order valence-electron chi connectivity index (χ0n) is 11.3. The molecule has 4 nitrogen and oxygen atoms in total. The molecule has 1 atom stereocenters. The largest absolute Gasteiger partial charge is 0.480 e. The standard InChI is InChI=1S/C15H16O4S/c1-10(2)14(15(16)17)20(18,19)13-8-7-11-5-3-4-6-12(11)9-13/h3-10,14H,1-2H3,(H,16,17). The van der Waals surface area contributed by atoms with E-state index in [0.717, 1.165) is 10.8 Å². The van der Waals surface area contributed by atoms with Crippen molar-refractivity contribution in [2.75, 3.05) is 0 Å². The summed E-state index contributed by atoms with van der Waals surface area (Å²) in [6, 6.07) is 12.1. The van der Waals surface area contributed by atoms with Gasteiger partial charge in [0.2, 0.25) is 0 Å². The van der Waals surface area contributed by atoms with Crippen LogP contribution < -0.4 is 0 Å². The third-order valence-electron chi connectivity index (χ3n) is 3.23. The second-order valence-corrected chi connectivity index (χ2v) is 7.13. The lowest BCUT2D eigenvalue weighted by molar-refractivity contribution is -0.137. The van der Waals surface area contributed by atoms with Gasteiger partial charge in [-0.1, -0.05) is 44.2 Å². The average molecular weight is 292 g/mol. The summed E-state index contributed by atoms with van der Waals surface area (Å²) in [7, 11) is -3.89. The van der Waals surface area contributed by atoms with Gasteiger partial charge >= 0.3 is 5.97 Å². The Kier molecular flexibility index (Phi) is 3.81. The Morgan fingerprint density at radius 3 is 2.20 bits per heavy atom. The van der Waals surface area contributed by atoms with E-state index in [0.29, 0.717) is 0 Å². The number of aliphatic carboxylic acids is 1. The van der Waals surface area contributed by atoms with E-state index >= 15 is 0 Å². The Hall–Kier alpha value is -1.88. The van der Waals surface area contributed by atoms with E-state index < -0.39 is 27.0 Å². The van der Waals surface area contributed by atoms with Crippen LogP contribution >= 0.6 is 0 Å². The molecule has 0 amide bonds. The molecule has 0 radical (unpaired) electrons. The van der Waals surface area contributed by atoms with Crippen LogP contribution in [0.1, 0.15) is 13.8 Å². The van der Waals surface area contributed by atoms with Gasteiger partial charge in [0.05, 0.1) is 4.90 Å². The van der Waals surface area contributed by atoms with Gasteiger partial charge in [0.15, 0.2) is 15.1 Å². The lowest BCUT2D eigenvalue weighted by Gasteiger charge is -2.17. The van der Waals surface area contributed by atoms with Crippen LogP contribution in [0.4, 0.5) is 0 Å². The molecule has 0 fully saturated rings. The molecule has 2 aromatic rings. The van der Waals surface area contributed by atoms with Crippen molar-refractivity contribution in [2.45, 2.75) is 24.0 Å². The smallest absolute Gasteiger partial charge is 0.322 e. The van der Waals surface area contributed by atoms with Crippen LogP contribution in [0.2, 0.25) is 0 Å². The van der Waals surface area contributed by atoms with Crippen LogP contribution in [-0.2, 0) is 14.6 Å². The first-order valence-corrected chi connectivity index (χ1v) is 7.84. The van der Waals surface area contributed by atoms with Gasteiger partial charge < -0.3 is 5.11 Å². The van der Waals surface area contributed by atoms with Gasteiger partial charge in [-0.15, -0.1) is 0 Å². The number of carboxylic acid groups (broad SMARTS) is 1. The van der Waals surface area contributed by atoms with Crippen molar-refractivity contribution in [3.8, 4) is 0 Å². The van der Waals surface area contributed by atoms with Crippen molar-refractivity contribution in [1.82, 2.24) is 0 Å². The van der Waals surface area contributed by atoms with E-state index in [9.17, 15) is 18.3 Å². The Bertz CT molecular complexity index is 747. The fraction of sp³-hybridized carbons (Fsp3) is 0.267. The molecule has 0 bridgehead atoms.